The minimum Gasteiger partial charge on any atom is -0.289 e. The Morgan fingerprint density at radius 3 is 2.00 bits per heavy atom. The normalized spacial score (nSPS) is 5.67. The lowest BCUT2D eigenvalue weighted by molar-refractivity contribution is -0.126. The van der Waals surface area contributed by atoms with Crippen molar-refractivity contribution >= 4 is 18.3 Å². The van der Waals surface area contributed by atoms with Crippen molar-refractivity contribution in [3.63, 3.8) is 0 Å². The second-order valence-electron chi connectivity index (χ2n) is 0.668. The van der Waals surface area contributed by atoms with Crippen LogP contribution in [0, 0.1) is 0 Å². The third-order valence-electron chi connectivity index (χ3n) is 0.157. The fourth-order valence-electron chi connectivity index (χ4n) is 0. The van der Waals surface area contributed by atoms with Crippen molar-refractivity contribution in [3.05, 3.63) is 0 Å². The molecule has 0 spiro atoms. The van der Waals surface area contributed by atoms with Crippen LogP contribution in [-0.2, 0) is 4.79 Å². The van der Waals surface area contributed by atoms with E-state index >= 15 is 0 Å². The first-order chi connectivity index (χ1) is 2.27. The average molecular weight is 112 g/mol. The number of nitrogens with one attached hydrogen (secondary N) is 1. The van der Waals surface area contributed by atoms with E-state index in [-0.39, 0.29) is 12.4 Å². The molecule has 3 nitrogen and oxygen atoms in total. The smallest absolute Gasteiger partial charge is 0.240 e. The highest BCUT2D eigenvalue weighted by Gasteiger charge is 1.74. The Labute approximate surface area is 41.7 Å². The number of hydrogen-bond donors (Lipinski definition) is 2. The molecule has 0 rings (SSSR count). The van der Waals surface area contributed by atoms with Crippen molar-refractivity contribution in [1.29, 1.82) is 0 Å². The molecule has 0 aliphatic rings. The standard InChI is InChI=1S/C2H5NO2.ClH/c1-2(4)3-5;/h5H,1H3,(H,3,4);1H. The van der Waals surface area contributed by atoms with Gasteiger partial charge in [-0.25, -0.2) is 5.48 Å². The van der Waals surface area contributed by atoms with Gasteiger partial charge >= 0.3 is 0 Å². The van der Waals surface area contributed by atoms with E-state index in [2.05, 4.69) is 0 Å². The van der Waals surface area contributed by atoms with E-state index in [1.807, 2.05) is 0 Å². The highest BCUT2D eigenvalue weighted by atomic mass is 35.5. The number of carbonyl (C=O) groups excluding carboxylic acids is 1. The van der Waals surface area contributed by atoms with Crippen molar-refractivity contribution in [2.24, 2.45) is 0 Å². The van der Waals surface area contributed by atoms with E-state index in [1.54, 1.807) is 0 Å². The predicted octanol–water partition coefficient (Wildman–Crippen LogP) is -0.0665. The lowest BCUT2D eigenvalue weighted by atomic mass is 10.8. The second kappa shape index (κ2) is 4.72. The number of amides is 1. The lowest BCUT2D eigenvalue weighted by Gasteiger charge is -1.78. The molecule has 6 heavy (non-hydrogen) atoms. The number of hydroxylamine groups is 1. The molecule has 0 radical (unpaired) electrons. The number of carbonyl (C=O) groups is 1. The summed E-state index contributed by atoms with van der Waals surface area (Å²) >= 11 is 0. The second-order valence-corrected chi connectivity index (χ2v) is 0.668. The van der Waals surface area contributed by atoms with Gasteiger partial charge in [-0.1, -0.05) is 0 Å². The van der Waals surface area contributed by atoms with Gasteiger partial charge in [-0.3, -0.25) is 10.0 Å². The molecule has 0 atom stereocenters. The summed E-state index contributed by atoms with van der Waals surface area (Å²) in [5.74, 6) is -0.440. The largest absolute Gasteiger partial charge is 0.289 e. The first-order valence-corrected chi connectivity index (χ1v) is 1.18. The van der Waals surface area contributed by atoms with Gasteiger partial charge in [0.25, 0.3) is 0 Å². The Morgan fingerprint density at radius 1 is 1.83 bits per heavy atom. The van der Waals surface area contributed by atoms with Crippen LogP contribution in [-0.4, -0.2) is 11.1 Å². The molecule has 0 bridgehead atoms. The molecule has 0 aliphatic carbocycles. The molecule has 0 heterocycles. The maximum Gasteiger partial charge on any atom is 0.240 e. The molecule has 0 aromatic carbocycles. The minimum absolute atomic E-state index is 0. The first-order valence-electron chi connectivity index (χ1n) is 1.18. The SMILES string of the molecule is CC(=O)NO.Cl. The predicted molar refractivity (Wildman–Crippen MR) is 22.9 cm³/mol. The summed E-state index contributed by atoms with van der Waals surface area (Å²) in [4.78, 5) is 9.45. The van der Waals surface area contributed by atoms with Crippen LogP contribution in [0.4, 0.5) is 0 Å². The molecule has 0 aliphatic heterocycles. The van der Waals surface area contributed by atoms with Crippen LogP contribution in [0.5, 0.6) is 0 Å². The Hall–Kier alpha value is -0.280. The van der Waals surface area contributed by atoms with E-state index in [0.29, 0.717) is 0 Å². The Bertz CT molecular complexity index is 46.8. The van der Waals surface area contributed by atoms with Crippen LogP contribution in [0.3, 0.4) is 0 Å². The molecule has 1 amide bonds. The summed E-state index contributed by atoms with van der Waals surface area (Å²) in [5.41, 5.74) is 1.39. The minimum atomic E-state index is -0.440. The van der Waals surface area contributed by atoms with Crippen molar-refractivity contribution < 1.29 is 10.0 Å². The lowest BCUT2D eigenvalue weighted by Crippen LogP contribution is -2.12. The topological polar surface area (TPSA) is 49.3 Å². The van der Waals surface area contributed by atoms with Gasteiger partial charge < -0.3 is 0 Å². The van der Waals surface area contributed by atoms with Gasteiger partial charge in [0, 0.05) is 6.92 Å². The zero-order valence-electron chi connectivity index (χ0n) is 3.26. The van der Waals surface area contributed by atoms with Gasteiger partial charge in [-0.05, 0) is 0 Å². The van der Waals surface area contributed by atoms with E-state index in [9.17, 15) is 4.79 Å². The Kier molecular flexibility index (Phi) is 7.24. The van der Waals surface area contributed by atoms with Crippen molar-refractivity contribution in [3.8, 4) is 0 Å². The molecule has 0 unspecified atom stereocenters. The quantitative estimate of drug-likeness (QED) is 0.340. The third kappa shape index (κ3) is 9.30. The van der Waals surface area contributed by atoms with Gasteiger partial charge in [-0.2, -0.15) is 0 Å². The molecule has 0 aromatic heterocycles. The molecular formula is C2H6ClNO2. The number of halogens is 1. The van der Waals surface area contributed by atoms with Gasteiger partial charge in [0.05, 0.1) is 0 Å². The highest BCUT2D eigenvalue weighted by molar-refractivity contribution is 5.85. The summed E-state index contributed by atoms with van der Waals surface area (Å²) in [7, 11) is 0. The van der Waals surface area contributed by atoms with Crippen molar-refractivity contribution in [2.45, 2.75) is 6.92 Å². The van der Waals surface area contributed by atoms with Gasteiger partial charge in [-0.15, -0.1) is 12.4 Å². The van der Waals surface area contributed by atoms with E-state index in [0.717, 1.165) is 0 Å². The fraction of sp³-hybridized carbons (Fsp3) is 0.500. The van der Waals surface area contributed by atoms with E-state index < -0.39 is 5.91 Å². The molecule has 0 fully saturated rings. The molecule has 4 heteroatoms. The van der Waals surface area contributed by atoms with Crippen molar-refractivity contribution in [2.75, 3.05) is 0 Å². The summed E-state index contributed by atoms with van der Waals surface area (Å²) in [6.45, 7) is 1.22. The summed E-state index contributed by atoms with van der Waals surface area (Å²) < 4.78 is 0. The van der Waals surface area contributed by atoms with Crippen LogP contribution in [0.1, 0.15) is 6.92 Å². The summed E-state index contributed by atoms with van der Waals surface area (Å²) in [5, 5.41) is 7.54. The van der Waals surface area contributed by atoms with Crippen LogP contribution < -0.4 is 5.48 Å². The molecule has 0 aromatic rings. The number of rotatable bonds is 0. The van der Waals surface area contributed by atoms with Crippen LogP contribution in [0.25, 0.3) is 0 Å². The fourth-order valence-corrected chi connectivity index (χ4v) is 0. The first kappa shape index (κ1) is 9.21. The highest BCUT2D eigenvalue weighted by Crippen LogP contribution is 1.44. The Balaban J connectivity index is 0. The zero-order chi connectivity index (χ0) is 4.28. The van der Waals surface area contributed by atoms with Gasteiger partial charge in [0.1, 0.15) is 0 Å². The van der Waals surface area contributed by atoms with Gasteiger partial charge in [0.15, 0.2) is 0 Å². The molecule has 2 N–H and O–H groups in total. The molecule has 0 saturated heterocycles. The van der Waals surface area contributed by atoms with Crippen LogP contribution >= 0.6 is 12.4 Å². The maximum atomic E-state index is 9.45. The monoisotopic (exact) mass is 111 g/mol. The Morgan fingerprint density at radius 2 is 2.00 bits per heavy atom. The summed E-state index contributed by atoms with van der Waals surface area (Å²) in [6.07, 6.45) is 0. The number of hydrogen-bond acceptors (Lipinski definition) is 2. The molecular weight excluding hydrogens is 105 g/mol. The molecule has 0 saturated carbocycles. The third-order valence-corrected chi connectivity index (χ3v) is 0.157. The van der Waals surface area contributed by atoms with Crippen LogP contribution in [0.15, 0.2) is 0 Å². The maximum absolute atomic E-state index is 9.45. The zero-order valence-corrected chi connectivity index (χ0v) is 4.08. The van der Waals surface area contributed by atoms with Gasteiger partial charge in [0.2, 0.25) is 5.91 Å². The van der Waals surface area contributed by atoms with Crippen LogP contribution in [0.2, 0.25) is 0 Å². The average Bonchev–Trinajstić information content (AvgIpc) is 1.38. The van der Waals surface area contributed by atoms with Crippen molar-refractivity contribution in [1.82, 2.24) is 5.48 Å². The van der Waals surface area contributed by atoms with E-state index in [1.165, 1.54) is 12.4 Å². The van der Waals surface area contributed by atoms with E-state index in [4.69, 9.17) is 5.21 Å². The molecule has 38 valence electrons. The summed E-state index contributed by atoms with van der Waals surface area (Å²) in [6, 6.07) is 0.